The first-order valence-electron chi connectivity index (χ1n) is 10.3. The second kappa shape index (κ2) is 7.39. The van der Waals surface area contributed by atoms with Gasteiger partial charge in [-0.05, 0) is 63.8 Å². The second-order valence-electron chi connectivity index (χ2n) is 8.71. The fraction of sp³-hybridized carbons (Fsp3) is 0.435. The van der Waals surface area contributed by atoms with Gasteiger partial charge in [-0.15, -0.1) is 0 Å². The minimum atomic E-state index is -3.66. The summed E-state index contributed by atoms with van der Waals surface area (Å²) in [4.78, 5) is 4.65. The Hall–Kier alpha value is -2.38. The van der Waals surface area contributed by atoms with Crippen LogP contribution in [0.5, 0.6) is 0 Å². The molecule has 2 heterocycles. The highest BCUT2D eigenvalue weighted by molar-refractivity contribution is 7.88. The van der Waals surface area contributed by atoms with E-state index in [1.54, 1.807) is 6.21 Å². The second-order valence-corrected chi connectivity index (χ2v) is 10.2. The minimum absolute atomic E-state index is 0.0498. The zero-order chi connectivity index (χ0) is 21.8. The van der Waals surface area contributed by atoms with Gasteiger partial charge in [0.05, 0.1) is 18.8 Å². The van der Waals surface area contributed by atoms with Crippen molar-refractivity contribution in [3.63, 3.8) is 0 Å². The lowest BCUT2D eigenvalue weighted by atomic mass is 10.0. The van der Waals surface area contributed by atoms with Crippen molar-refractivity contribution in [1.82, 2.24) is 4.72 Å². The number of fused-ring (bicyclic) bond motifs is 1. The van der Waals surface area contributed by atoms with Crippen LogP contribution in [-0.2, 0) is 10.2 Å². The topological polar surface area (TPSA) is 65.0 Å². The molecular formula is C23H30N4O2S. The van der Waals surface area contributed by atoms with Gasteiger partial charge in [-0.25, -0.2) is 0 Å². The van der Waals surface area contributed by atoms with Crippen molar-refractivity contribution in [2.45, 2.75) is 53.6 Å². The molecule has 0 aromatic heterocycles. The lowest BCUT2D eigenvalue weighted by Gasteiger charge is -2.29. The third kappa shape index (κ3) is 3.61. The van der Waals surface area contributed by atoms with E-state index in [0.29, 0.717) is 13.2 Å². The van der Waals surface area contributed by atoms with E-state index in [1.165, 1.54) is 39.1 Å². The van der Waals surface area contributed by atoms with Crippen molar-refractivity contribution < 1.29 is 8.42 Å². The average molecular weight is 427 g/mol. The maximum Gasteiger partial charge on any atom is 0.319 e. The Bertz CT molecular complexity index is 1090. The van der Waals surface area contributed by atoms with Crippen LogP contribution in [-0.4, -0.2) is 39.9 Å². The lowest BCUT2D eigenvalue weighted by molar-refractivity contribution is 0.573. The average Bonchev–Trinajstić information content (AvgIpc) is 2.85. The van der Waals surface area contributed by atoms with E-state index in [-0.39, 0.29) is 12.1 Å². The Morgan fingerprint density at radius 3 is 1.80 bits per heavy atom. The summed E-state index contributed by atoms with van der Waals surface area (Å²) < 4.78 is 31.0. The molecule has 2 aromatic rings. The number of benzene rings is 2. The third-order valence-electron chi connectivity index (χ3n) is 6.13. The molecule has 0 saturated carbocycles. The van der Waals surface area contributed by atoms with Gasteiger partial charge in [0.1, 0.15) is 0 Å². The highest BCUT2D eigenvalue weighted by Gasteiger charge is 2.43. The molecule has 2 aromatic carbocycles. The molecule has 2 aliphatic heterocycles. The number of nitrogens with zero attached hydrogens (tertiary/aromatic N) is 3. The Balaban J connectivity index is 1.87. The maximum absolute atomic E-state index is 12.2. The third-order valence-corrected chi connectivity index (χ3v) is 7.06. The molecule has 30 heavy (non-hydrogen) atoms. The van der Waals surface area contributed by atoms with E-state index in [9.17, 15) is 8.42 Å². The summed E-state index contributed by atoms with van der Waals surface area (Å²) in [5.41, 5.74) is 9.59. The molecule has 1 fully saturated rings. The summed E-state index contributed by atoms with van der Waals surface area (Å²) in [5.74, 6) is 0. The zero-order valence-electron chi connectivity index (χ0n) is 18.5. The molecule has 1 saturated heterocycles. The lowest BCUT2D eigenvalue weighted by Crippen LogP contribution is -2.45. The molecule has 0 bridgehead atoms. The molecule has 2 atom stereocenters. The maximum atomic E-state index is 12.2. The monoisotopic (exact) mass is 426 g/mol. The van der Waals surface area contributed by atoms with E-state index >= 15 is 0 Å². The minimum Gasteiger partial charge on any atom is -0.347 e. The standard InChI is InChI=1S/C23H30N4O2S/c1-14-7-16(3)22(17(4)8-14)26-13-27(23-18(5)9-15(2)10-19(23)6)21-12-25-30(28,29)24-11-20(21)26/h7-11,20-21,25H,12-13H2,1-6H3/t20-,21-/m1/s1. The molecule has 160 valence electrons. The molecule has 0 aliphatic carbocycles. The van der Waals surface area contributed by atoms with Gasteiger partial charge in [0.25, 0.3) is 0 Å². The number of anilines is 2. The van der Waals surface area contributed by atoms with Gasteiger partial charge in [0, 0.05) is 24.1 Å². The van der Waals surface area contributed by atoms with E-state index in [1.807, 2.05) is 0 Å². The first kappa shape index (κ1) is 20.9. The molecule has 0 unspecified atom stereocenters. The zero-order valence-corrected chi connectivity index (χ0v) is 19.3. The van der Waals surface area contributed by atoms with Crippen molar-refractivity contribution in [1.29, 1.82) is 0 Å². The van der Waals surface area contributed by atoms with E-state index in [2.05, 4.69) is 84.7 Å². The highest BCUT2D eigenvalue weighted by Crippen LogP contribution is 2.38. The molecule has 6 nitrogen and oxygen atoms in total. The summed E-state index contributed by atoms with van der Waals surface area (Å²) in [6, 6.07) is 8.56. The summed E-state index contributed by atoms with van der Waals surface area (Å²) in [6.07, 6.45) is 1.61. The van der Waals surface area contributed by atoms with Crippen molar-refractivity contribution in [2.75, 3.05) is 23.0 Å². The van der Waals surface area contributed by atoms with Crippen LogP contribution in [0.25, 0.3) is 0 Å². The first-order chi connectivity index (χ1) is 14.1. The smallest absolute Gasteiger partial charge is 0.319 e. The van der Waals surface area contributed by atoms with Crippen molar-refractivity contribution >= 4 is 27.8 Å². The quantitative estimate of drug-likeness (QED) is 0.799. The Morgan fingerprint density at radius 1 is 0.833 bits per heavy atom. The highest BCUT2D eigenvalue weighted by atomic mass is 32.2. The van der Waals surface area contributed by atoms with Gasteiger partial charge in [-0.1, -0.05) is 35.4 Å². The van der Waals surface area contributed by atoms with Crippen LogP contribution in [0.3, 0.4) is 0 Å². The molecule has 0 amide bonds. The number of aryl methyl sites for hydroxylation is 6. The summed E-state index contributed by atoms with van der Waals surface area (Å²) >= 11 is 0. The van der Waals surface area contributed by atoms with Crippen molar-refractivity contribution in [2.24, 2.45) is 4.40 Å². The summed E-state index contributed by atoms with van der Waals surface area (Å²) in [5, 5.41) is 0. The van der Waals surface area contributed by atoms with Gasteiger partial charge in [0.15, 0.2) is 0 Å². The predicted molar refractivity (Wildman–Crippen MR) is 124 cm³/mol. The fourth-order valence-electron chi connectivity index (χ4n) is 5.24. The van der Waals surface area contributed by atoms with Crippen LogP contribution in [0.2, 0.25) is 0 Å². The molecule has 0 radical (unpaired) electrons. The first-order valence-corrected chi connectivity index (χ1v) is 11.8. The van der Waals surface area contributed by atoms with Gasteiger partial charge in [-0.3, -0.25) is 0 Å². The molecule has 1 N–H and O–H groups in total. The summed E-state index contributed by atoms with van der Waals surface area (Å²) in [6.45, 7) is 13.7. The Labute approximate surface area is 179 Å². The van der Waals surface area contributed by atoms with Crippen LogP contribution < -0.4 is 14.5 Å². The predicted octanol–water partition coefficient (Wildman–Crippen LogP) is 3.48. The SMILES string of the molecule is Cc1cc(C)c(N2CN(c3c(C)cc(C)cc3C)[C@@H]3CNS(=O)(=O)N=C[C@H]32)c(C)c1. The number of hydrogen-bond donors (Lipinski definition) is 1. The normalized spacial score (nSPS) is 22.9. The fourth-order valence-corrected chi connectivity index (χ4v) is 5.98. The van der Waals surface area contributed by atoms with Crippen molar-refractivity contribution in [3.05, 3.63) is 57.6 Å². The molecule has 7 heteroatoms. The van der Waals surface area contributed by atoms with Crippen LogP contribution in [0.15, 0.2) is 28.7 Å². The molecule has 4 rings (SSSR count). The number of hydrogen-bond acceptors (Lipinski definition) is 4. The molecule has 0 spiro atoms. The largest absolute Gasteiger partial charge is 0.347 e. The van der Waals surface area contributed by atoms with Crippen LogP contribution in [0.1, 0.15) is 33.4 Å². The summed E-state index contributed by atoms with van der Waals surface area (Å²) in [7, 11) is -3.66. The van der Waals surface area contributed by atoms with Crippen molar-refractivity contribution in [3.8, 4) is 0 Å². The van der Waals surface area contributed by atoms with E-state index in [0.717, 1.165) is 5.69 Å². The molecule has 2 aliphatic rings. The number of rotatable bonds is 2. The Morgan fingerprint density at radius 2 is 1.30 bits per heavy atom. The van der Waals surface area contributed by atoms with Crippen LogP contribution >= 0.6 is 0 Å². The van der Waals surface area contributed by atoms with Crippen LogP contribution in [0.4, 0.5) is 11.4 Å². The molecular weight excluding hydrogens is 396 g/mol. The van der Waals surface area contributed by atoms with Crippen LogP contribution in [0, 0.1) is 41.5 Å². The van der Waals surface area contributed by atoms with Gasteiger partial charge < -0.3 is 9.80 Å². The van der Waals surface area contributed by atoms with Gasteiger partial charge in [-0.2, -0.15) is 17.5 Å². The Kier molecular flexibility index (Phi) is 5.14. The number of nitrogens with one attached hydrogen (secondary N) is 1. The van der Waals surface area contributed by atoms with Gasteiger partial charge in [0.2, 0.25) is 0 Å². The van der Waals surface area contributed by atoms with E-state index < -0.39 is 10.2 Å². The van der Waals surface area contributed by atoms with E-state index in [4.69, 9.17) is 0 Å². The van der Waals surface area contributed by atoms with Gasteiger partial charge >= 0.3 is 10.2 Å².